The molecule has 0 saturated carbocycles. The van der Waals surface area contributed by atoms with Gasteiger partial charge in [-0.2, -0.15) is 4.52 Å². The van der Waals surface area contributed by atoms with Crippen molar-refractivity contribution in [2.24, 2.45) is 0 Å². The molecule has 3 aromatic rings. The summed E-state index contributed by atoms with van der Waals surface area (Å²) in [4.78, 5) is 4.42. The number of hydrogen-bond donors (Lipinski definition) is 1. The van der Waals surface area contributed by atoms with Crippen molar-refractivity contribution in [3.05, 3.63) is 66.0 Å². The van der Waals surface area contributed by atoms with Crippen LogP contribution in [0, 0.1) is 11.6 Å². The van der Waals surface area contributed by atoms with Crippen LogP contribution in [0.2, 0.25) is 0 Å². The molecular weight excluding hydrogens is 298 g/mol. The monoisotopic (exact) mass is 310 g/mol. The number of allylic oxidation sites excluding steroid dienone is 4. The molecule has 0 saturated heterocycles. The van der Waals surface area contributed by atoms with Crippen molar-refractivity contribution in [2.75, 3.05) is 5.73 Å². The highest BCUT2D eigenvalue weighted by Gasteiger charge is 2.16. The number of nitrogen functional groups attached to an aromatic ring is 1. The molecular formula is C17H12F2N4. The minimum Gasteiger partial charge on any atom is -0.384 e. The van der Waals surface area contributed by atoms with Gasteiger partial charge in [0.25, 0.3) is 0 Å². The summed E-state index contributed by atoms with van der Waals surface area (Å²) in [6.07, 6.45) is 6.63. The first-order valence-electron chi connectivity index (χ1n) is 7.10. The van der Waals surface area contributed by atoms with Crippen LogP contribution in [0.1, 0.15) is 12.2 Å². The van der Waals surface area contributed by atoms with Crippen LogP contribution >= 0.6 is 0 Å². The predicted molar refractivity (Wildman–Crippen MR) is 84.5 cm³/mol. The number of anilines is 1. The van der Waals surface area contributed by atoms with Crippen LogP contribution in [-0.2, 0) is 0 Å². The summed E-state index contributed by atoms with van der Waals surface area (Å²) < 4.78 is 29.4. The van der Waals surface area contributed by atoms with Crippen molar-refractivity contribution in [1.82, 2.24) is 14.6 Å². The summed E-state index contributed by atoms with van der Waals surface area (Å²) in [7, 11) is 0. The second kappa shape index (κ2) is 5.01. The van der Waals surface area contributed by atoms with Gasteiger partial charge in [-0.3, -0.25) is 0 Å². The second-order valence-corrected chi connectivity index (χ2v) is 5.30. The summed E-state index contributed by atoms with van der Waals surface area (Å²) >= 11 is 0. The molecule has 0 atom stereocenters. The number of hydrogen-bond acceptors (Lipinski definition) is 3. The van der Waals surface area contributed by atoms with Crippen LogP contribution in [0.4, 0.5) is 14.6 Å². The quantitative estimate of drug-likeness (QED) is 0.787. The Balaban J connectivity index is 1.90. The van der Waals surface area contributed by atoms with Gasteiger partial charge in [0, 0.05) is 5.57 Å². The topological polar surface area (TPSA) is 56.2 Å². The van der Waals surface area contributed by atoms with Gasteiger partial charge in [-0.15, -0.1) is 5.10 Å². The SMILES string of the molecule is Nc1cc(-c2c(F)cccc2F)cc2nc(C3=CC=CC3)nn12. The lowest BCUT2D eigenvalue weighted by Gasteiger charge is -2.07. The molecule has 1 aliphatic carbocycles. The maximum atomic E-state index is 14.0. The van der Waals surface area contributed by atoms with E-state index in [0.29, 0.717) is 17.0 Å². The van der Waals surface area contributed by atoms with E-state index in [1.54, 1.807) is 6.07 Å². The fraction of sp³-hybridized carbons (Fsp3) is 0.0588. The van der Waals surface area contributed by atoms with Gasteiger partial charge in [-0.25, -0.2) is 13.8 Å². The van der Waals surface area contributed by atoms with E-state index in [2.05, 4.69) is 10.1 Å². The second-order valence-electron chi connectivity index (χ2n) is 5.30. The van der Waals surface area contributed by atoms with Gasteiger partial charge >= 0.3 is 0 Å². The Hall–Kier alpha value is -3.02. The molecule has 0 radical (unpaired) electrons. The predicted octanol–water partition coefficient (Wildman–Crippen LogP) is 3.60. The fourth-order valence-corrected chi connectivity index (χ4v) is 2.68. The van der Waals surface area contributed by atoms with Crippen molar-refractivity contribution < 1.29 is 8.78 Å². The molecule has 1 aliphatic rings. The van der Waals surface area contributed by atoms with Crippen LogP contribution < -0.4 is 5.73 Å². The van der Waals surface area contributed by atoms with Gasteiger partial charge < -0.3 is 5.73 Å². The van der Waals surface area contributed by atoms with E-state index in [0.717, 1.165) is 12.0 Å². The zero-order valence-electron chi connectivity index (χ0n) is 12.0. The molecule has 4 nitrogen and oxygen atoms in total. The van der Waals surface area contributed by atoms with E-state index in [-0.39, 0.29) is 11.4 Å². The number of nitrogens with two attached hydrogens (primary N) is 1. The Bertz CT molecular complexity index is 965. The Morgan fingerprint density at radius 3 is 2.61 bits per heavy atom. The number of benzene rings is 1. The van der Waals surface area contributed by atoms with E-state index < -0.39 is 11.6 Å². The minimum atomic E-state index is -0.642. The van der Waals surface area contributed by atoms with E-state index >= 15 is 0 Å². The zero-order valence-corrected chi connectivity index (χ0v) is 12.0. The molecule has 114 valence electrons. The molecule has 0 unspecified atom stereocenters. The lowest BCUT2D eigenvalue weighted by molar-refractivity contribution is 0.589. The molecule has 2 heterocycles. The van der Waals surface area contributed by atoms with Gasteiger partial charge in [-0.05, 0) is 36.2 Å². The zero-order chi connectivity index (χ0) is 16.0. The number of rotatable bonds is 2. The van der Waals surface area contributed by atoms with Crippen LogP contribution in [0.5, 0.6) is 0 Å². The summed E-state index contributed by atoms with van der Waals surface area (Å²) in [5.41, 5.74) is 7.63. The summed E-state index contributed by atoms with van der Waals surface area (Å²) in [5, 5.41) is 4.36. The highest BCUT2D eigenvalue weighted by molar-refractivity contribution is 5.73. The van der Waals surface area contributed by atoms with Gasteiger partial charge in [0.2, 0.25) is 0 Å². The number of pyridine rings is 1. The average Bonchev–Trinajstić information content (AvgIpc) is 3.16. The highest BCUT2D eigenvalue weighted by atomic mass is 19.1. The average molecular weight is 310 g/mol. The maximum absolute atomic E-state index is 14.0. The smallest absolute Gasteiger partial charge is 0.178 e. The standard InChI is InChI=1S/C17H12F2N4/c18-12-6-3-7-13(19)16(12)11-8-14(20)23-15(9-11)21-17(22-23)10-4-1-2-5-10/h1-4,6-9H,5,20H2. The van der Waals surface area contributed by atoms with Gasteiger partial charge in [-0.1, -0.05) is 24.3 Å². The lowest BCUT2D eigenvalue weighted by Crippen LogP contribution is -2.00. The van der Waals surface area contributed by atoms with E-state index in [4.69, 9.17) is 5.73 Å². The Morgan fingerprint density at radius 1 is 1.13 bits per heavy atom. The molecule has 4 rings (SSSR count). The van der Waals surface area contributed by atoms with Crippen molar-refractivity contribution in [1.29, 1.82) is 0 Å². The number of aromatic nitrogens is 3. The van der Waals surface area contributed by atoms with E-state index in [1.165, 1.54) is 28.8 Å². The van der Waals surface area contributed by atoms with Gasteiger partial charge in [0.15, 0.2) is 11.5 Å². The molecule has 0 aliphatic heterocycles. The Labute approximate surface area is 130 Å². The highest BCUT2D eigenvalue weighted by Crippen LogP contribution is 2.29. The van der Waals surface area contributed by atoms with Crippen LogP contribution in [-0.4, -0.2) is 14.6 Å². The van der Waals surface area contributed by atoms with E-state index in [1.807, 2.05) is 18.2 Å². The van der Waals surface area contributed by atoms with Crippen LogP contribution in [0.25, 0.3) is 22.3 Å². The third-order valence-electron chi connectivity index (χ3n) is 3.77. The first-order valence-corrected chi connectivity index (χ1v) is 7.10. The third kappa shape index (κ3) is 2.19. The third-order valence-corrected chi connectivity index (χ3v) is 3.77. The molecule has 2 aromatic heterocycles. The first-order chi connectivity index (χ1) is 11.1. The lowest BCUT2D eigenvalue weighted by atomic mass is 10.1. The maximum Gasteiger partial charge on any atom is 0.178 e. The fourth-order valence-electron chi connectivity index (χ4n) is 2.68. The molecule has 0 bridgehead atoms. The van der Waals surface area contributed by atoms with Crippen LogP contribution in [0.3, 0.4) is 0 Å². The molecule has 1 aromatic carbocycles. The normalized spacial score (nSPS) is 13.7. The number of nitrogens with zero attached hydrogens (tertiary/aromatic N) is 3. The van der Waals surface area contributed by atoms with Crippen LogP contribution in [0.15, 0.2) is 48.6 Å². The molecule has 23 heavy (non-hydrogen) atoms. The van der Waals surface area contributed by atoms with Crippen molar-refractivity contribution >= 4 is 17.0 Å². The van der Waals surface area contributed by atoms with Crippen molar-refractivity contribution in [2.45, 2.75) is 6.42 Å². The number of halogens is 2. The molecule has 2 N–H and O–H groups in total. The van der Waals surface area contributed by atoms with Crippen molar-refractivity contribution in [3.8, 4) is 11.1 Å². The molecule has 6 heteroatoms. The minimum absolute atomic E-state index is 0.118. The number of fused-ring (bicyclic) bond motifs is 1. The van der Waals surface area contributed by atoms with Gasteiger partial charge in [0.05, 0.1) is 5.56 Å². The van der Waals surface area contributed by atoms with Crippen molar-refractivity contribution in [3.63, 3.8) is 0 Å². The molecule has 0 fully saturated rings. The van der Waals surface area contributed by atoms with Gasteiger partial charge in [0.1, 0.15) is 17.5 Å². The molecule has 0 spiro atoms. The first kappa shape index (κ1) is 13.6. The van der Waals surface area contributed by atoms with E-state index in [9.17, 15) is 8.78 Å². The summed E-state index contributed by atoms with van der Waals surface area (Å²) in [5.74, 6) is -0.453. The molecule has 0 amide bonds. The Morgan fingerprint density at radius 2 is 1.91 bits per heavy atom. The summed E-state index contributed by atoms with van der Waals surface area (Å²) in [6.45, 7) is 0. The Kier molecular flexibility index (Phi) is 2.97. The largest absolute Gasteiger partial charge is 0.384 e. The summed E-state index contributed by atoms with van der Waals surface area (Å²) in [6, 6.07) is 6.82.